The molecule has 288 valence electrons. The summed E-state index contributed by atoms with van der Waals surface area (Å²) < 4.78 is 17.2. The molecule has 0 aliphatic carbocycles. The SMILES string of the molecule is CC/C=C\C/C=C\C/C=C\CCCCCCCC(=O)OC(COCCC(C(=O)O)[N+](C)(C)C)COC(=O)CCCCCCC/C=C\CCCC. The van der Waals surface area contributed by atoms with Crippen LogP contribution in [0.25, 0.3) is 0 Å². The lowest BCUT2D eigenvalue weighted by molar-refractivity contribution is -0.887. The van der Waals surface area contributed by atoms with Crippen LogP contribution in [-0.4, -0.2) is 80.6 Å². The molecule has 0 saturated heterocycles. The van der Waals surface area contributed by atoms with Gasteiger partial charge in [0.1, 0.15) is 6.61 Å². The van der Waals surface area contributed by atoms with Crippen molar-refractivity contribution >= 4 is 17.9 Å². The number of carboxylic acid groups (broad SMARTS) is 1. The minimum atomic E-state index is -0.882. The van der Waals surface area contributed by atoms with E-state index in [0.717, 1.165) is 89.9 Å². The van der Waals surface area contributed by atoms with E-state index in [1.54, 1.807) is 0 Å². The summed E-state index contributed by atoms with van der Waals surface area (Å²) in [5.74, 6) is -1.51. The highest BCUT2D eigenvalue weighted by Crippen LogP contribution is 2.13. The third-order valence-corrected chi connectivity index (χ3v) is 8.46. The number of ether oxygens (including phenoxy) is 3. The average Bonchev–Trinajstić information content (AvgIpc) is 3.06. The lowest BCUT2D eigenvalue weighted by Crippen LogP contribution is -2.50. The quantitative estimate of drug-likeness (QED) is 0.0308. The highest BCUT2D eigenvalue weighted by molar-refractivity contribution is 5.72. The summed E-state index contributed by atoms with van der Waals surface area (Å²) in [5.41, 5.74) is 0. The molecule has 0 aromatic heterocycles. The van der Waals surface area contributed by atoms with Crippen LogP contribution in [-0.2, 0) is 28.6 Å². The van der Waals surface area contributed by atoms with Crippen LogP contribution in [0.4, 0.5) is 0 Å². The van der Waals surface area contributed by atoms with Gasteiger partial charge in [0.05, 0.1) is 34.4 Å². The molecule has 0 aromatic carbocycles. The molecule has 0 aliphatic rings. The van der Waals surface area contributed by atoms with Gasteiger partial charge in [-0.3, -0.25) is 9.59 Å². The lowest BCUT2D eigenvalue weighted by atomic mass is 10.1. The lowest BCUT2D eigenvalue weighted by Gasteiger charge is -2.31. The van der Waals surface area contributed by atoms with Gasteiger partial charge in [0.25, 0.3) is 0 Å². The van der Waals surface area contributed by atoms with Crippen LogP contribution in [0.3, 0.4) is 0 Å². The Morgan fingerprint density at radius 1 is 0.620 bits per heavy atom. The first-order chi connectivity index (χ1) is 24.1. The normalized spacial score (nSPS) is 13.5. The third kappa shape index (κ3) is 31.3. The molecule has 0 bridgehead atoms. The van der Waals surface area contributed by atoms with Crippen LogP contribution < -0.4 is 0 Å². The van der Waals surface area contributed by atoms with Crippen molar-refractivity contribution in [2.24, 2.45) is 0 Å². The van der Waals surface area contributed by atoms with Crippen molar-refractivity contribution in [3.8, 4) is 0 Å². The summed E-state index contributed by atoms with van der Waals surface area (Å²) in [7, 11) is 5.50. The van der Waals surface area contributed by atoms with E-state index in [1.807, 2.05) is 21.1 Å². The van der Waals surface area contributed by atoms with E-state index in [-0.39, 0.29) is 36.2 Å². The van der Waals surface area contributed by atoms with E-state index in [4.69, 9.17) is 14.2 Å². The number of esters is 2. The summed E-state index contributed by atoms with van der Waals surface area (Å²) in [6, 6.07) is -0.618. The van der Waals surface area contributed by atoms with Crippen molar-refractivity contribution < 1.29 is 38.2 Å². The molecule has 0 amide bonds. The zero-order chi connectivity index (χ0) is 37.1. The number of quaternary nitrogens is 1. The van der Waals surface area contributed by atoms with Gasteiger partial charge in [0.15, 0.2) is 12.1 Å². The monoisotopic (exact) mass is 705 g/mol. The molecular formula is C42H74NO7+. The number of likely N-dealkylation sites (N-methyl/N-ethyl adjacent to an activating group) is 1. The van der Waals surface area contributed by atoms with Crippen molar-refractivity contribution in [1.29, 1.82) is 0 Å². The molecule has 2 unspecified atom stereocenters. The molecule has 0 spiro atoms. The number of nitrogens with zero attached hydrogens (tertiary/aromatic N) is 1. The second-order valence-electron chi connectivity index (χ2n) is 14.1. The summed E-state index contributed by atoms with van der Waals surface area (Å²) in [6.45, 7) is 4.54. The van der Waals surface area contributed by atoms with Crippen molar-refractivity contribution in [3.05, 3.63) is 48.6 Å². The van der Waals surface area contributed by atoms with Crippen LogP contribution in [0.1, 0.15) is 149 Å². The molecule has 1 N–H and O–H groups in total. The minimum Gasteiger partial charge on any atom is -0.477 e. The Kier molecular flexibility index (Phi) is 31.6. The molecule has 2 atom stereocenters. The molecule has 0 saturated carbocycles. The van der Waals surface area contributed by atoms with Gasteiger partial charge in [-0.15, -0.1) is 0 Å². The topological polar surface area (TPSA) is 99.1 Å². The zero-order valence-corrected chi connectivity index (χ0v) is 32.6. The Balaban J connectivity index is 4.45. The van der Waals surface area contributed by atoms with Gasteiger partial charge in [-0.25, -0.2) is 4.79 Å². The first kappa shape index (κ1) is 47.3. The number of hydrogen-bond acceptors (Lipinski definition) is 6. The second-order valence-corrected chi connectivity index (χ2v) is 14.1. The first-order valence-electron chi connectivity index (χ1n) is 19.7. The predicted molar refractivity (Wildman–Crippen MR) is 206 cm³/mol. The number of unbranched alkanes of at least 4 members (excludes halogenated alkanes) is 12. The molecular weight excluding hydrogens is 630 g/mol. The van der Waals surface area contributed by atoms with Crippen molar-refractivity contribution in [3.63, 3.8) is 0 Å². The van der Waals surface area contributed by atoms with E-state index in [2.05, 4.69) is 62.5 Å². The first-order valence-corrected chi connectivity index (χ1v) is 19.7. The Bertz CT molecular complexity index is 964. The maximum Gasteiger partial charge on any atom is 0.362 e. The molecule has 0 fully saturated rings. The molecule has 50 heavy (non-hydrogen) atoms. The largest absolute Gasteiger partial charge is 0.477 e. The van der Waals surface area contributed by atoms with Crippen molar-refractivity contribution in [2.75, 3.05) is 41.0 Å². The van der Waals surface area contributed by atoms with E-state index in [0.29, 0.717) is 19.3 Å². The van der Waals surface area contributed by atoms with Gasteiger partial charge < -0.3 is 23.8 Å². The van der Waals surface area contributed by atoms with Gasteiger partial charge in [-0.2, -0.15) is 0 Å². The maximum absolute atomic E-state index is 12.7. The molecule has 0 rings (SSSR count). The van der Waals surface area contributed by atoms with Crippen LogP contribution in [0, 0.1) is 0 Å². The van der Waals surface area contributed by atoms with E-state index in [9.17, 15) is 19.5 Å². The predicted octanol–water partition coefficient (Wildman–Crippen LogP) is 10.1. The average molecular weight is 705 g/mol. The number of allylic oxidation sites excluding steroid dienone is 8. The smallest absolute Gasteiger partial charge is 0.362 e. The summed E-state index contributed by atoms with van der Waals surface area (Å²) in [4.78, 5) is 36.8. The van der Waals surface area contributed by atoms with E-state index in [1.165, 1.54) is 25.7 Å². The fourth-order valence-electron chi connectivity index (χ4n) is 5.38. The van der Waals surface area contributed by atoms with Crippen molar-refractivity contribution in [1.82, 2.24) is 0 Å². The number of aliphatic carboxylic acids is 1. The maximum atomic E-state index is 12.7. The third-order valence-electron chi connectivity index (χ3n) is 8.46. The number of rotatable bonds is 34. The van der Waals surface area contributed by atoms with Gasteiger partial charge >= 0.3 is 17.9 Å². The highest BCUT2D eigenvalue weighted by Gasteiger charge is 2.31. The van der Waals surface area contributed by atoms with Gasteiger partial charge in [0, 0.05) is 19.3 Å². The Morgan fingerprint density at radius 3 is 1.68 bits per heavy atom. The van der Waals surface area contributed by atoms with Crippen molar-refractivity contribution in [2.45, 2.75) is 161 Å². The fourth-order valence-corrected chi connectivity index (χ4v) is 5.38. The van der Waals surface area contributed by atoms with E-state index < -0.39 is 18.1 Å². The molecule has 0 heterocycles. The second kappa shape index (κ2) is 33.4. The van der Waals surface area contributed by atoms with Crippen LogP contribution in [0.15, 0.2) is 48.6 Å². The van der Waals surface area contributed by atoms with E-state index >= 15 is 0 Å². The van der Waals surface area contributed by atoms with Crippen LogP contribution in [0.5, 0.6) is 0 Å². The number of hydrogen-bond donors (Lipinski definition) is 1. The number of carbonyl (C=O) groups is 3. The molecule has 0 aromatic rings. The van der Waals surface area contributed by atoms with Crippen LogP contribution >= 0.6 is 0 Å². The zero-order valence-electron chi connectivity index (χ0n) is 32.6. The van der Waals surface area contributed by atoms with Gasteiger partial charge in [0.2, 0.25) is 0 Å². The Hall–Kier alpha value is -2.71. The summed E-state index contributed by atoms with van der Waals surface area (Å²) in [6.07, 6.45) is 37.2. The Labute approximate surface area is 306 Å². The number of carboxylic acids is 1. The molecule has 0 radical (unpaired) electrons. The standard InChI is InChI=1S/C42H73NO7/c1-6-8-10-12-14-16-18-19-20-21-23-25-27-29-31-33-41(45)50-38(36-48-35-34-39(42(46)47)43(3,4)5)37-49-40(44)32-30-28-26-24-22-17-15-13-11-9-7-2/h8,10,13-16,19-20,38-39H,6-7,9,11-12,17-18,21-37H2,1-5H3/p+1/b10-8-,15-13-,16-14-,20-19-. The number of carbonyl (C=O) groups excluding carboxylic acids is 2. The highest BCUT2D eigenvalue weighted by atomic mass is 16.6. The molecule has 8 heteroatoms. The van der Waals surface area contributed by atoms with Crippen LogP contribution in [0.2, 0.25) is 0 Å². The summed E-state index contributed by atoms with van der Waals surface area (Å²) >= 11 is 0. The van der Waals surface area contributed by atoms with Gasteiger partial charge in [-0.1, -0.05) is 114 Å². The summed E-state index contributed by atoms with van der Waals surface area (Å²) in [5, 5.41) is 9.58. The molecule has 0 aliphatic heterocycles. The molecule has 8 nitrogen and oxygen atoms in total. The van der Waals surface area contributed by atoms with Gasteiger partial charge in [-0.05, 0) is 64.2 Å². The fraction of sp³-hybridized carbons (Fsp3) is 0.738. The minimum absolute atomic E-state index is 0.0502. The Morgan fingerprint density at radius 2 is 1.12 bits per heavy atom.